The maximum Gasteiger partial charge on any atom is 0.328 e. The smallest absolute Gasteiger partial charge is 0.328 e. The number of carbonyl (C=O) groups is 2. The van der Waals surface area contributed by atoms with Crippen molar-refractivity contribution < 1.29 is 19.4 Å². The molecule has 0 bridgehead atoms. The van der Waals surface area contributed by atoms with Crippen LogP contribution in [0.5, 0.6) is 5.75 Å². The van der Waals surface area contributed by atoms with Gasteiger partial charge in [-0.15, -0.1) is 0 Å². The topological polar surface area (TPSA) is 89.6 Å². The Bertz CT molecular complexity index is 499. The molecule has 0 radical (unpaired) electrons. The van der Waals surface area contributed by atoms with Crippen molar-refractivity contribution in [3.05, 3.63) is 34.3 Å². The second-order valence-corrected chi connectivity index (χ2v) is 4.43. The predicted octanol–water partition coefficient (Wildman–Crippen LogP) is 1.80. The highest BCUT2D eigenvalue weighted by Gasteiger charge is 2.12. The summed E-state index contributed by atoms with van der Waals surface area (Å²) >= 11 is 3.27. The minimum Gasteiger partial charge on any atom is -0.480 e. The van der Waals surface area contributed by atoms with E-state index in [2.05, 4.69) is 15.9 Å². The van der Waals surface area contributed by atoms with Crippen molar-refractivity contribution in [1.82, 2.24) is 0 Å². The van der Waals surface area contributed by atoms with E-state index in [0.29, 0.717) is 11.3 Å². The van der Waals surface area contributed by atoms with Crippen molar-refractivity contribution in [3.63, 3.8) is 0 Å². The standard InChI is InChI=1S/C12H12BrNO4/c1-7(12(14)17)18-10-4-3-9(13)6-8(10)2-5-11(15)16/h2-7H,1H3,(H2,14,17)(H,15,16)/b5-2+. The van der Waals surface area contributed by atoms with E-state index in [0.717, 1.165) is 10.5 Å². The highest BCUT2D eigenvalue weighted by molar-refractivity contribution is 9.10. The Kier molecular flexibility index (Phi) is 4.91. The molecule has 18 heavy (non-hydrogen) atoms. The van der Waals surface area contributed by atoms with Gasteiger partial charge in [0.05, 0.1) is 0 Å². The van der Waals surface area contributed by atoms with Crippen LogP contribution in [0, 0.1) is 0 Å². The molecule has 1 aromatic carbocycles. The van der Waals surface area contributed by atoms with Crippen molar-refractivity contribution >= 4 is 33.9 Å². The van der Waals surface area contributed by atoms with Crippen LogP contribution in [0.2, 0.25) is 0 Å². The molecule has 0 saturated carbocycles. The number of carboxylic acids is 1. The Morgan fingerprint density at radius 1 is 1.50 bits per heavy atom. The largest absolute Gasteiger partial charge is 0.480 e. The number of aliphatic carboxylic acids is 1. The zero-order valence-corrected chi connectivity index (χ0v) is 11.2. The summed E-state index contributed by atoms with van der Waals surface area (Å²) in [5.41, 5.74) is 5.64. The fourth-order valence-electron chi connectivity index (χ4n) is 1.17. The van der Waals surface area contributed by atoms with E-state index >= 15 is 0 Å². The molecule has 0 fully saturated rings. The molecule has 0 heterocycles. The van der Waals surface area contributed by atoms with Gasteiger partial charge in [0.2, 0.25) is 0 Å². The van der Waals surface area contributed by atoms with E-state index < -0.39 is 18.0 Å². The van der Waals surface area contributed by atoms with Gasteiger partial charge in [-0.2, -0.15) is 0 Å². The van der Waals surface area contributed by atoms with Crippen LogP contribution in [0.25, 0.3) is 6.08 Å². The number of rotatable bonds is 5. The number of benzene rings is 1. The fourth-order valence-corrected chi connectivity index (χ4v) is 1.55. The van der Waals surface area contributed by atoms with Crippen LogP contribution in [0.15, 0.2) is 28.7 Å². The number of hydrogen-bond donors (Lipinski definition) is 2. The Hall–Kier alpha value is -1.82. The van der Waals surface area contributed by atoms with Gasteiger partial charge in [0.25, 0.3) is 5.91 Å². The number of hydrogen-bond acceptors (Lipinski definition) is 3. The van der Waals surface area contributed by atoms with Gasteiger partial charge >= 0.3 is 5.97 Å². The third-order valence-electron chi connectivity index (χ3n) is 2.08. The molecule has 0 aliphatic carbocycles. The number of amides is 1. The van der Waals surface area contributed by atoms with Crippen LogP contribution in [0.4, 0.5) is 0 Å². The lowest BCUT2D eigenvalue weighted by Crippen LogP contribution is -2.30. The summed E-state index contributed by atoms with van der Waals surface area (Å²) in [5, 5.41) is 8.59. The summed E-state index contributed by atoms with van der Waals surface area (Å²) in [6.45, 7) is 1.52. The second kappa shape index (κ2) is 6.20. The van der Waals surface area contributed by atoms with E-state index in [1.807, 2.05) is 0 Å². The molecule has 6 heteroatoms. The highest BCUT2D eigenvalue weighted by Crippen LogP contribution is 2.25. The first-order chi connectivity index (χ1) is 8.40. The maximum absolute atomic E-state index is 10.9. The van der Waals surface area contributed by atoms with Crippen molar-refractivity contribution in [1.29, 1.82) is 0 Å². The minimum atomic E-state index is -1.07. The van der Waals surface area contributed by atoms with Crippen LogP contribution in [-0.2, 0) is 9.59 Å². The Labute approximate surface area is 112 Å². The predicted molar refractivity (Wildman–Crippen MR) is 70.1 cm³/mol. The van der Waals surface area contributed by atoms with Gasteiger partial charge in [0, 0.05) is 16.1 Å². The summed E-state index contributed by atoms with van der Waals surface area (Å²) in [5.74, 6) is -1.27. The van der Waals surface area contributed by atoms with Crippen LogP contribution in [-0.4, -0.2) is 23.1 Å². The molecule has 0 spiro atoms. The highest BCUT2D eigenvalue weighted by atomic mass is 79.9. The van der Waals surface area contributed by atoms with Crippen molar-refractivity contribution in [2.75, 3.05) is 0 Å². The number of halogens is 1. The summed E-state index contributed by atoms with van der Waals surface area (Å²) in [7, 11) is 0. The summed E-state index contributed by atoms with van der Waals surface area (Å²) < 4.78 is 6.12. The van der Waals surface area contributed by atoms with Crippen LogP contribution in [0.1, 0.15) is 12.5 Å². The van der Waals surface area contributed by atoms with Crippen LogP contribution in [0.3, 0.4) is 0 Å². The molecule has 0 aliphatic heterocycles. The van der Waals surface area contributed by atoms with E-state index in [1.54, 1.807) is 18.2 Å². The third kappa shape index (κ3) is 4.21. The number of nitrogens with two attached hydrogens (primary N) is 1. The lowest BCUT2D eigenvalue weighted by atomic mass is 10.2. The molecule has 1 amide bonds. The summed E-state index contributed by atoms with van der Waals surface area (Å²) in [4.78, 5) is 21.4. The second-order valence-electron chi connectivity index (χ2n) is 3.52. The number of carbonyl (C=O) groups excluding carboxylic acids is 1. The van der Waals surface area contributed by atoms with Crippen LogP contribution < -0.4 is 10.5 Å². The summed E-state index contributed by atoms with van der Waals surface area (Å²) in [6, 6.07) is 5.04. The van der Waals surface area contributed by atoms with Crippen molar-refractivity contribution in [3.8, 4) is 5.75 Å². The van der Waals surface area contributed by atoms with E-state index in [4.69, 9.17) is 15.6 Å². The van der Waals surface area contributed by atoms with Gasteiger partial charge in [-0.1, -0.05) is 15.9 Å². The van der Waals surface area contributed by atoms with E-state index in [9.17, 15) is 9.59 Å². The molecule has 0 aliphatic rings. The molecule has 0 saturated heterocycles. The molecule has 0 aromatic heterocycles. The molecule has 1 aromatic rings. The quantitative estimate of drug-likeness (QED) is 0.811. The first kappa shape index (κ1) is 14.2. The lowest BCUT2D eigenvalue weighted by molar-refractivity contribution is -0.131. The first-order valence-electron chi connectivity index (χ1n) is 5.06. The zero-order valence-electron chi connectivity index (χ0n) is 9.59. The van der Waals surface area contributed by atoms with Crippen molar-refractivity contribution in [2.45, 2.75) is 13.0 Å². The Morgan fingerprint density at radius 2 is 2.17 bits per heavy atom. The van der Waals surface area contributed by atoms with E-state index in [1.165, 1.54) is 13.0 Å². The average Bonchev–Trinajstić information content (AvgIpc) is 2.29. The molecular weight excluding hydrogens is 302 g/mol. The monoisotopic (exact) mass is 313 g/mol. The Morgan fingerprint density at radius 3 is 2.72 bits per heavy atom. The molecule has 96 valence electrons. The SMILES string of the molecule is CC(Oc1ccc(Br)cc1/C=C/C(=O)O)C(N)=O. The first-order valence-corrected chi connectivity index (χ1v) is 5.86. The van der Waals surface area contributed by atoms with Gasteiger partial charge in [-0.25, -0.2) is 4.79 Å². The number of primary amides is 1. The molecule has 5 nitrogen and oxygen atoms in total. The fraction of sp³-hybridized carbons (Fsp3) is 0.167. The zero-order chi connectivity index (χ0) is 13.7. The molecule has 1 rings (SSSR count). The van der Waals surface area contributed by atoms with Gasteiger partial charge in [-0.05, 0) is 31.2 Å². The molecular formula is C12H12BrNO4. The maximum atomic E-state index is 10.9. The Balaban J connectivity index is 3.03. The molecule has 3 N–H and O–H groups in total. The summed E-state index contributed by atoms with van der Waals surface area (Å²) in [6.07, 6.45) is 1.59. The number of carboxylic acid groups (broad SMARTS) is 1. The minimum absolute atomic E-state index is 0.391. The van der Waals surface area contributed by atoms with E-state index in [-0.39, 0.29) is 0 Å². The van der Waals surface area contributed by atoms with Gasteiger partial charge in [0.1, 0.15) is 5.75 Å². The molecule has 1 atom stereocenters. The van der Waals surface area contributed by atoms with Gasteiger partial charge in [0.15, 0.2) is 6.10 Å². The normalized spacial score (nSPS) is 12.3. The third-order valence-corrected chi connectivity index (χ3v) is 2.57. The lowest BCUT2D eigenvalue weighted by Gasteiger charge is -2.13. The van der Waals surface area contributed by atoms with Gasteiger partial charge in [-0.3, -0.25) is 4.79 Å². The van der Waals surface area contributed by atoms with Gasteiger partial charge < -0.3 is 15.6 Å². The average molecular weight is 314 g/mol. The van der Waals surface area contributed by atoms with Crippen LogP contribution >= 0.6 is 15.9 Å². The van der Waals surface area contributed by atoms with Crippen molar-refractivity contribution in [2.24, 2.45) is 5.73 Å². The number of ether oxygens (including phenoxy) is 1. The molecule has 1 unspecified atom stereocenters.